The van der Waals surface area contributed by atoms with Gasteiger partial charge in [-0.1, -0.05) is 30.3 Å². The molecule has 0 saturated carbocycles. The van der Waals surface area contributed by atoms with Gasteiger partial charge in [0.25, 0.3) is 0 Å². The molecule has 1 heterocycles. The fourth-order valence-electron chi connectivity index (χ4n) is 2.28. The van der Waals surface area contributed by atoms with Crippen LogP contribution >= 0.6 is 0 Å². The Labute approximate surface area is 132 Å². The van der Waals surface area contributed by atoms with Gasteiger partial charge in [-0.25, -0.2) is 0 Å². The zero-order valence-corrected chi connectivity index (χ0v) is 13.6. The molecule has 0 saturated heterocycles. The van der Waals surface area contributed by atoms with Crippen molar-refractivity contribution < 1.29 is 0 Å². The third kappa shape index (κ3) is 5.24. The maximum absolute atomic E-state index is 4.27. The summed E-state index contributed by atoms with van der Waals surface area (Å²) < 4.78 is 1.80. The summed E-state index contributed by atoms with van der Waals surface area (Å²) in [6.07, 6.45) is 5.99. The Kier molecular flexibility index (Phi) is 6.01. The summed E-state index contributed by atoms with van der Waals surface area (Å²) in [5.41, 5.74) is 2.51. The van der Waals surface area contributed by atoms with Gasteiger partial charge in [0.1, 0.15) is 0 Å². The number of nitrogens with zero attached hydrogens (tertiary/aromatic N) is 3. The van der Waals surface area contributed by atoms with E-state index in [0.29, 0.717) is 6.04 Å². The van der Waals surface area contributed by atoms with E-state index in [4.69, 9.17) is 0 Å². The summed E-state index contributed by atoms with van der Waals surface area (Å²) >= 11 is 0. The van der Waals surface area contributed by atoms with Crippen molar-refractivity contribution in [1.82, 2.24) is 20.4 Å². The molecular weight excluding hydrogens is 274 g/mol. The quantitative estimate of drug-likeness (QED) is 0.634. The molecule has 0 amide bonds. The maximum Gasteiger partial charge on any atom is 0.191 e. The van der Waals surface area contributed by atoms with Crippen molar-refractivity contribution in [1.29, 1.82) is 0 Å². The number of aliphatic imine (C=N–C) groups is 1. The van der Waals surface area contributed by atoms with Crippen LogP contribution in [0.4, 0.5) is 0 Å². The molecule has 2 aromatic rings. The van der Waals surface area contributed by atoms with Crippen LogP contribution < -0.4 is 10.6 Å². The first-order valence-corrected chi connectivity index (χ1v) is 7.66. The van der Waals surface area contributed by atoms with Crippen molar-refractivity contribution in [3.8, 4) is 0 Å². The molecule has 2 rings (SSSR count). The minimum Gasteiger partial charge on any atom is -0.354 e. The zero-order chi connectivity index (χ0) is 15.8. The van der Waals surface area contributed by atoms with E-state index >= 15 is 0 Å². The molecule has 5 heteroatoms. The lowest BCUT2D eigenvalue weighted by molar-refractivity contribution is 0.593. The van der Waals surface area contributed by atoms with Crippen LogP contribution in [0.25, 0.3) is 0 Å². The average molecular weight is 299 g/mol. The predicted octanol–water partition coefficient (Wildman–Crippen LogP) is 2.11. The van der Waals surface area contributed by atoms with E-state index in [-0.39, 0.29) is 0 Å². The van der Waals surface area contributed by atoms with Crippen molar-refractivity contribution in [2.24, 2.45) is 12.0 Å². The smallest absolute Gasteiger partial charge is 0.191 e. The largest absolute Gasteiger partial charge is 0.354 e. The summed E-state index contributed by atoms with van der Waals surface area (Å²) in [7, 11) is 3.71. The fourth-order valence-corrected chi connectivity index (χ4v) is 2.28. The zero-order valence-electron chi connectivity index (χ0n) is 13.6. The van der Waals surface area contributed by atoms with Gasteiger partial charge in [-0.2, -0.15) is 5.10 Å². The maximum atomic E-state index is 4.27. The molecule has 118 valence electrons. The molecule has 0 aliphatic rings. The molecule has 1 aromatic carbocycles. The topological polar surface area (TPSA) is 54.2 Å². The van der Waals surface area contributed by atoms with E-state index in [1.54, 1.807) is 11.7 Å². The van der Waals surface area contributed by atoms with Crippen LogP contribution in [0, 0.1) is 0 Å². The SMILES string of the molecule is CN=C(NCc1cnn(C)c1)NC(C)CCc1ccccc1. The van der Waals surface area contributed by atoms with Gasteiger partial charge in [0.15, 0.2) is 5.96 Å². The second-order valence-electron chi connectivity index (χ2n) is 5.52. The van der Waals surface area contributed by atoms with Crippen LogP contribution in [0.5, 0.6) is 0 Å². The van der Waals surface area contributed by atoms with Crippen LogP contribution in [0.15, 0.2) is 47.7 Å². The molecule has 1 atom stereocenters. The Bertz CT molecular complexity index is 588. The number of hydrogen-bond donors (Lipinski definition) is 2. The third-order valence-electron chi connectivity index (χ3n) is 3.53. The van der Waals surface area contributed by atoms with Crippen molar-refractivity contribution in [2.45, 2.75) is 32.4 Å². The lowest BCUT2D eigenvalue weighted by atomic mass is 10.1. The van der Waals surface area contributed by atoms with Crippen LogP contribution in [0.3, 0.4) is 0 Å². The summed E-state index contributed by atoms with van der Waals surface area (Å²) in [5.74, 6) is 0.824. The molecule has 0 radical (unpaired) electrons. The Hall–Kier alpha value is -2.30. The molecule has 22 heavy (non-hydrogen) atoms. The minimum atomic E-state index is 0.361. The molecule has 0 spiro atoms. The fraction of sp³-hybridized carbons (Fsp3) is 0.412. The molecule has 0 aliphatic carbocycles. The molecule has 0 fully saturated rings. The highest BCUT2D eigenvalue weighted by atomic mass is 15.2. The summed E-state index contributed by atoms with van der Waals surface area (Å²) in [6, 6.07) is 10.9. The summed E-state index contributed by atoms with van der Waals surface area (Å²) in [6.45, 7) is 2.90. The lowest BCUT2D eigenvalue weighted by Gasteiger charge is -2.17. The van der Waals surface area contributed by atoms with E-state index in [0.717, 1.165) is 30.9 Å². The van der Waals surface area contributed by atoms with Gasteiger partial charge in [0.05, 0.1) is 6.20 Å². The Morgan fingerprint density at radius 3 is 2.68 bits per heavy atom. The highest BCUT2D eigenvalue weighted by Crippen LogP contribution is 2.04. The number of nitrogens with one attached hydrogen (secondary N) is 2. The van der Waals surface area contributed by atoms with Gasteiger partial charge in [-0.15, -0.1) is 0 Å². The average Bonchev–Trinajstić information content (AvgIpc) is 2.96. The predicted molar refractivity (Wildman–Crippen MR) is 90.8 cm³/mol. The van der Waals surface area contributed by atoms with E-state index in [2.05, 4.69) is 58.0 Å². The van der Waals surface area contributed by atoms with Gasteiger partial charge >= 0.3 is 0 Å². The highest BCUT2D eigenvalue weighted by molar-refractivity contribution is 5.79. The normalized spacial score (nSPS) is 13.0. The van der Waals surface area contributed by atoms with E-state index < -0.39 is 0 Å². The number of rotatable bonds is 6. The van der Waals surface area contributed by atoms with Gasteiger partial charge in [-0.05, 0) is 25.3 Å². The van der Waals surface area contributed by atoms with Crippen molar-refractivity contribution in [3.63, 3.8) is 0 Å². The van der Waals surface area contributed by atoms with Gasteiger partial charge in [0, 0.05) is 38.4 Å². The number of benzene rings is 1. The van der Waals surface area contributed by atoms with Crippen molar-refractivity contribution in [2.75, 3.05) is 7.05 Å². The van der Waals surface area contributed by atoms with Crippen molar-refractivity contribution in [3.05, 3.63) is 53.9 Å². The standard InChI is InChI=1S/C17H25N5/c1-14(9-10-15-7-5-4-6-8-15)21-17(18-2)19-11-16-12-20-22(3)13-16/h4-8,12-14H,9-11H2,1-3H3,(H2,18,19,21). The van der Waals surface area contributed by atoms with Crippen molar-refractivity contribution >= 4 is 5.96 Å². The molecule has 0 aliphatic heterocycles. The molecule has 0 bridgehead atoms. The first-order chi connectivity index (χ1) is 10.7. The number of aryl methyl sites for hydroxylation is 2. The minimum absolute atomic E-state index is 0.361. The van der Waals surface area contributed by atoms with Crippen LogP contribution in [0.2, 0.25) is 0 Å². The Balaban J connectivity index is 1.74. The molecule has 5 nitrogen and oxygen atoms in total. The monoisotopic (exact) mass is 299 g/mol. The Morgan fingerprint density at radius 2 is 2.05 bits per heavy atom. The van der Waals surface area contributed by atoms with Gasteiger partial charge in [0.2, 0.25) is 0 Å². The Morgan fingerprint density at radius 1 is 1.27 bits per heavy atom. The van der Waals surface area contributed by atoms with Crippen LogP contribution in [-0.4, -0.2) is 28.8 Å². The van der Waals surface area contributed by atoms with Crippen LogP contribution in [0.1, 0.15) is 24.5 Å². The number of aromatic nitrogens is 2. The summed E-state index contributed by atoms with van der Waals surface area (Å²) in [5, 5.41) is 10.9. The number of guanidine groups is 1. The first kappa shape index (κ1) is 16.1. The van der Waals surface area contributed by atoms with Gasteiger partial charge < -0.3 is 10.6 Å². The summed E-state index contributed by atoms with van der Waals surface area (Å²) in [4.78, 5) is 4.27. The molecule has 2 N–H and O–H groups in total. The molecular formula is C17H25N5. The first-order valence-electron chi connectivity index (χ1n) is 7.66. The highest BCUT2D eigenvalue weighted by Gasteiger charge is 2.06. The molecule has 1 aromatic heterocycles. The lowest BCUT2D eigenvalue weighted by Crippen LogP contribution is -2.42. The second-order valence-corrected chi connectivity index (χ2v) is 5.52. The number of hydrogen-bond acceptors (Lipinski definition) is 2. The van der Waals surface area contributed by atoms with Crippen LogP contribution in [-0.2, 0) is 20.0 Å². The van der Waals surface area contributed by atoms with Gasteiger partial charge in [-0.3, -0.25) is 9.67 Å². The second kappa shape index (κ2) is 8.22. The van der Waals surface area contributed by atoms with E-state index in [9.17, 15) is 0 Å². The van der Waals surface area contributed by atoms with E-state index in [1.807, 2.05) is 19.4 Å². The third-order valence-corrected chi connectivity index (χ3v) is 3.53. The molecule has 1 unspecified atom stereocenters. The van der Waals surface area contributed by atoms with E-state index in [1.165, 1.54) is 5.56 Å².